The zero-order chi connectivity index (χ0) is 15.7. The molecule has 0 radical (unpaired) electrons. The molecule has 0 amide bonds. The Morgan fingerprint density at radius 2 is 2.27 bits per heavy atom. The van der Waals surface area contributed by atoms with Crippen molar-refractivity contribution in [2.75, 3.05) is 31.7 Å². The van der Waals surface area contributed by atoms with Gasteiger partial charge in [0.15, 0.2) is 11.6 Å². The maximum Gasteiger partial charge on any atom is 0.313 e. The predicted octanol–water partition coefficient (Wildman–Crippen LogP) is 2.75. The highest BCUT2D eigenvalue weighted by Crippen LogP contribution is 2.37. The highest BCUT2D eigenvalue weighted by atomic mass is 19.1. The van der Waals surface area contributed by atoms with Gasteiger partial charge in [-0.3, -0.25) is 10.1 Å². The molecule has 2 aliphatic heterocycles. The molecular weight excluding hydrogens is 291 g/mol. The summed E-state index contributed by atoms with van der Waals surface area (Å²) in [4.78, 5) is 12.2. The summed E-state index contributed by atoms with van der Waals surface area (Å²) >= 11 is 0. The summed E-state index contributed by atoms with van der Waals surface area (Å²) < 4.78 is 25.1. The molecule has 2 heterocycles. The van der Waals surface area contributed by atoms with Crippen molar-refractivity contribution in [2.24, 2.45) is 5.92 Å². The second-order valence-electron chi connectivity index (χ2n) is 5.78. The van der Waals surface area contributed by atoms with Gasteiger partial charge in [0.2, 0.25) is 0 Å². The average Bonchev–Trinajstić information content (AvgIpc) is 2.54. The number of hydrogen-bond donors (Lipinski definition) is 0. The number of hydrogen-bond acceptors (Lipinski definition) is 5. The van der Waals surface area contributed by atoms with Crippen LogP contribution in [0.2, 0.25) is 0 Å². The SMILES string of the molecule is COc1cc(N2CC[C@@H]3OCCC[C@H]3C2)c(F)cc1[N+](=O)[O-]. The van der Waals surface area contributed by atoms with Crippen LogP contribution in [0.15, 0.2) is 12.1 Å². The molecule has 0 spiro atoms. The van der Waals surface area contributed by atoms with Crippen LogP contribution < -0.4 is 9.64 Å². The van der Waals surface area contributed by atoms with Crippen LogP contribution in [0.1, 0.15) is 19.3 Å². The number of fused-ring (bicyclic) bond motifs is 1. The Labute approximate surface area is 128 Å². The molecule has 0 aromatic heterocycles. The molecule has 0 bridgehead atoms. The number of methoxy groups -OCH3 is 1. The third-order valence-electron chi connectivity index (χ3n) is 4.50. The van der Waals surface area contributed by atoms with Gasteiger partial charge in [-0.15, -0.1) is 0 Å². The van der Waals surface area contributed by atoms with E-state index >= 15 is 0 Å². The summed E-state index contributed by atoms with van der Waals surface area (Å²) in [5.74, 6) is -0.103. The Bertz CT molecular complexity index is 581. The lowest BCUT2D eigenvalue weighted by Gasteiger charge is -2.42. The topological polar surface area (TPSA) is 64.8 Å². The van der Waals surface area contributed by atoms with Crippen molar-refractivity contribution in [3.8, 4) is 5.75 Å². The van der Waals surface area contributed by atoms with E-state index in [2.05, 4.69) is 0 Å². The van der Waals surface area contributed by atoms with Crippen molar-refractivity contribution in [2.45, 2.75) is 25.4 Å². The third kappa shape index (κ3) is 2.72. The number of anilines is 1. The van der Waals surface area contributed by atoms with Crippen molar-refractivity contribution in [1.82, 2.24) is 0 Å². The largest absolute Gasteiger partial charge is 0.490 e. The van der Waals surface area contributed by atoms with Crippen LogP contribution >= 0.6 is 0 Å². The van der Waals surface area contributed by atoms with Gasteiger partial charge in [-0.2, -0.15) is 0 Å². The molecule has 3 rings (SSSR count). The Kier molecular flexibility index (Phi) is 4.15. The second-order valence-corrected chi connectivity index (χ2v) is 5.78. The van der Waals surface area contributed by atoms with Crippen molar-refractivity contribution in [3.05, 3.63) is 28.1 Å². The van der Waals surface area contributed by atoms with Gasteiger partial charge >= 0.3 is 5.69 Å². The predicted molar refractivity (Wildman–Crippen MR) is 78.9 cm³/mol. The minimum absolute atomic E-state index is 0.0865. The smallest absolute Gasteiger partial charge is 0.313 e. The number of halogens is 1. The van der Waals surface area contributed by atoms with Crippen molar-refractivity contribution < 1.29 is 18.8 Å². The van der Waals surface area contributed by atoms with Crippen LogP contribution in [-0.2, 0) is 4.74 Å². The minimum atomic E-state index is -0.632. The van der Waals surface area contributed by atoms with Gasteiger partial charge in [0.05, 0.1) is 29.9 Å². The summed E-state index contributed by atoms with van der Waals surface area (Å²) in [6.45, 7) is 2.20. The molecule has 2 atom stereocenters. The highest BCUT2D eigenvalue weighted by Gasteiger charge is 2.33. The maximum atomic E-state index is 14.3. The van der Waals surface area contributed by atoms with E-state index in [4.69, 9.17) is 9.47 Å². The lowest BCUT2D eigenvalue weighted by atomic mass is 9.88. The van der Waals surface area contributed by atoms with Gasteiger partial charge in [-0.1, -0.05) is 0 Å². The fourth-order valence-electron chi connectivity index (χ4n) is 3.39. The summed E-state index contributed by atoms with van der Waals surface area (Å²) in [7, 11) is 1.35. The third-order valence-corrected chi connectivity index (χ3v) is 4.50. The fraction of sp³-hybridized carbons (Fsp3) is 0.600. The zero-order valence-electron chi connectivity index (χ0n) is 12.5. The van der Waals surface area contributed by atoms with Crippen molar-refractivity contribution >= 4 is 11.4 Å². The molecule has 22 heavy (non-hydrogen) atoms. The summed E-state index contributed by atoms with van der Waals surface area (Å²) in [5, 5.41) is 10.9. The molecule has 0 unspecified atom stereocenters. The molecule has 120 valence electrons. The fourth-order valence-corrected chi connectivity index (χ4v) is 3.39. The van der Waals surface area contributed by atoms with Crippen LogP contribution in [0.5, 0.6) is 5.75 Å². The quantitative estimate of drug-likeness (QED) is 0.634. The minimum Gasteiger partial charge on any atom is -0.490 e. The standard InChI is InChI=1S/C15H19FN2O4/c1-21-15-8-12(11(16)7-13(15)18(19)20)17-5-4-14-10(9-17)3-2-6-22-14/h7-8,10,14H,2-6,9H2,1H3/t10-,14-/m0/s1. The molecule has 6 nitrogen and oxygen atoms in total. The zero-order valence-corrected chi connectivity index (χ0v) is 12.5. The van der Waals surface area contributed by atoms with Crippen LogP contribution in [0, 0.1) is 21.8 Å². The summed E-state index contributed by atoms with van der Waals surface area (Å²) in [6, 6.07) is 2.37. The molecule has 0 saturated carbocycles. The first kappa shape index (κ1) is 15.0. The lowest BCUT2D eigenvalue weighted by Crippen LogP contribution is -2.46. The van der Waals surface area contributed by atoms with Crippen molar-refractivity contribution in [3.63, 3.8) is 0 Å². The number of nitro groups is 1. The molecule has 1 aromatic carbocycles. The molecule has 2 aliphatic rings. The average molecular weight is 310 g/mol. The van der Waals surface area contributed by atoms with Gasteiger partial charge in [0, 0.05) is 31.7 Å². The Morgan fingerprint density at radius 1 is 1.45 bits per heavy atom. The maximum absolute atomic E-state index is 14.3. The highest BCUT2D eigenvalue weighted by molar-refractivity contribution is 5.60. The van der Waals surface area contributed by atoms with E-state index in [1.165, 1.54) is 13.2 Å². The number of ether oxygens (including phenoxy) is 2. The normalized spacial score (nSPS) is 24.7. The Morgan fingerprint density at radius 3 is 3.00 bits per heavy atom. The Balaban J connectivity index is 1.86. The van der Waals surface area contributed by atoms with Gasteiger partial charge in [0.1, 0.15) is 0 Å². The first-order valence-corrected chi connectivity index (χ1v) is 7.48. The van der Waals surface area contributed by atoms with E-state index in [0.29, 0.717) is 24.7 Å². The monoisotopic (exact) mass is 310 g/mol. The lowest BCUT2D eigenvalue weighted by molar-refractivity contribution is -0.385. The summed E-state index contributed by atoms with van der Waals surface area (Å²) in [5.41, 5.74) is 0.0195. The molecular formula is C15H19FN2O4. The number of rotatable bonds is 3. The second kappa shape index (κ2) is 6.08. The van der Waals surface area contributed by atoms with Gasteiger partial charge in [0.25, 0.3) is 0 Å². The van der Waals surface area contributed by atoms with Gasteiger partial charge in [-0.25, -0.2) is 4.39 Å². The van der Waals surface area contributed by atoms with Gasteiger partial charge < -0.3 is 14.4 Å². The molecule has 2 fully saturated rings. The number of benzene rings is 1. The molecule has 0 aliphatic carbocycles. The van der Waals surface area contributed by atoms with Crippen molar-refractivity contribution in [1.29, 1.82) is 0 Å². The van der Waals surface area contributed by atoms with E-state index in [1.807, 2.05) is 4.90 Å². The molecule has 1 aromatic rings. The van der Waals surface area contributed by atoms with E-state index in [0.717, 1.165) is 31.9 Å². The van der Waals surface area contributed by atoms with E-state index < -0.39 is 10.7 Å². The Hall–Kier alpha value is -1.89. The number of piperidine rings is 1. The number of nitro benzene ring substituents is 1. The summed E-state index contributed by atoms with van der Waals surface area (Å²) in [6.07, 6.45) is 3.21. The first-order valence-electron chi connectivity index (χ1n) is 7.48. The van der Waals surface area contributed by atoms with E-state index in [1.54, 1.807) is 0 Å². The first-order chi connectivity index (χ1) is 10.6. The van der Waals surface area contributed by atoms with Crippen LogP contribution in [0.3, 0.4) is 0 Å². The molecule has 2 saturated heterocycles. The number of nitrogens with zero attached hydrogens (tertiary/aromatic N) is 2. The van der Waals surface area contributed by atoms with E-state index in [-0.39, 0.29) is 17.5 Å². The molecule has 0 N–H and O–H groups in total. The van der Waals surface area contributed by atoms with Crippen LogP contribution in [0.25, 0.3) is 0 Å². The molecule has 7 heteroatoms. The van der Waals surface area contributed by atoms with Gasteiger partial charge in [-0.05, 0) is 19.3 Å². The van der Waals surface area contributed by atoms with E-state index in [9.17, 15) is 14.5 Å². The van der Waals surface area contributed by atoms with Crippen LogP contribution in [-0.4, -0.2) is 37.8 Å². The van der Waals surface area contributed by atoms with Crippen LogP contribution in [0.4, 0.5) is 15.8 Å².